The minimum atomic E-state index is -0.442. The standard InChI is InChI=1S/C14H20BrNO2/c1-10(12-6-4-5-7-13(12)15)16-8-11-9-17-14(2,3)18-11/h4-7,10-11,16H,8-9H2,1-3H3. The molecule has 1 aromatic rings. The van der Waals surface area contributed by atoms with Crippen molar-refractivity contribution in [3.8, 4) is 0 Å². The molecule has 0 saturated carbocycles. The lowest BCUT2D eigenvalue weighted by atomic mass is 10.1. The van der Waals surface area contributed by atoms with Gasteiger partial charge < -0.3 is 14.8 Å². The Bertz CT molecular complexity index is 409. The molecule has 18 heavy (non-hydrogen) atoms. The van der Waals surface area contributed by atoms with Crippen molar-refractivity contribution in [3.63, 3.8) is 0 Å². The molecule has 0 radical (unpaired) electrons. The zero-order chi connectivity index (χ0) is 13.2. The Morgan fingerprint density at radius 2 is 2.17 bits per heavy atom. The fourth-order valence-electron chi connectivity index (χ4n) is 2.11. The largest absolute Gasteiger partial charge is 0.348 e. The van der Waals surface area contributed by atoms with Crippen molar-refractivity contribution in [3.05, 3.63) is 34.3 Å². The summed E-state index contributed by atoms with van der Waals surface area (Å²) in [5, 5.41) is 3.48. The minimum Gasteiger partial charge on any atom is -0.348 e. The molecule has 0 aliphatic carbocycles. The first-order valence-electron chi connectivity index (χ1n) is 6.27. The first-order valence-corrected chi connectivity index (χ1v) is 7.07. The highest BCUT2D eigenvalue weighted by Gasteiger charge is 2.32. The van der Waals surface area contributed by atoms with E-state index in [1.165, 1.54) is 5.56 Å². The molecule has 0 bridgehead atoms. The SMILES string of the molecule is CC(NCC1COC(C)(C)O1)c1ccccc1Br. The van der Waals surface area contributed by atoms with Gasteiger partial charge in [-0.3, -0.25) is 0 Å². The highest BCUT2D eigenvalue weighted by molar-refractivity contribution is 9.10. The summed E-state index contributed by atoms with van der Waals surface area (Å²) in [7, 11) is 0. The maximum Gasteiger partial charge on any atom is 0.163 e. The van der Waals surface area contributed by atoms with E-state index >= 15 is 0 Å². The van der Waals surface area contributed by atoms with E-state index < -0.39 is 5.79 Å². The zero-order valence-corrected chi connectivity index (χ0v) is 12.7. The van der Waals surface area contributed by atoms with Gasteiger partial charge in [0.15, 0.2) is 5.79 Å². The highest BCUT2D eigenvalue weighted by atomic mass is 79.9. The first-order chi connectivity index (χ1) is 8.48. The van der Waals surface area contributed by atoms with Crippen LogP contribution in [0, 0.1) is 0 Å². The molecule has 1 aromatic carbocycles. The van der Waals surface area contributed by atoms with E-state index in [9.17, 15) is 0 Å². The molecule has 100 valence electrons. The number of halogens is 1. The molecule has 1 saturated heterocycles. The van der Waals surface area contributed by atoms with Crippen LogP contribution in [0.25, 0.3) is 0 Å². The topological polar surface area (TPSA) is 30.5 Å². The van der Waals surface area contributed by atoms with E-state index in [1.54, 1.807) is 0 Å². The number of ether oxygens (including phenoxy) is 2. The van der Waals surface area contributed by atoms with Crippen LogP contribution in [0.3, 0.4) is 0 Å². The third-order valence-electron chi connectivity index (χ3n) is 3.09. The lowest BCUT2D eigenvalue weighted by Gasteiger charge is -2.20. The Morgan fingerprint density at radius 1 is 1.44 bits per heavy atom. The third-order valence-corrected chi connectivity index (χ3v) is 3.81. The monoisotopic (exact) mass is 313 g/mol. The number of hydrogen-bond acceptors (Lipinski definition) is 3. The molecule has 4 heteroatoms. The molecule has 2 rings (SSSR count). The van der Waals surface area contributed by atoms with Crippen molar-refractivity contribution in [2.24, 2.45) is 0 Å². The summed E-state index contributed by atoms with van der Waals surface area (Å²) >= 11 is 3.57. The molecule has 1 N–H and O–H groups in total. The van der Waals surface area contributed by atoms with Crippen molar-refractivity contribution in [2.75, 3.05) is 13.2 Å². The second kappa shape index (κ2) is 5.70. The third kappa shape index (κ3) is 3.54. The summed E-state index contributed by atoms with van der Waals surface area (Å²) in [6.07, 6.45) is 0.130. The Morgan fingerprint density at radius 3 is 2.78 bits per heavy atom. The summed E-state index contributed by atoms with van der Waals surface area (Å²) in [6.45, 7) is 7.50. The van der Waals surface area contributed by atoms with Gasteiger partial charge in [-0.2, -0.15) is 0 Å². The summed E-state index contributed by atoms with van der Waals surface area (Å²) in [5.41, 5.74) is 1.26. The Labute approximate surface area is 117 Å². The molecule has 0 aromatic heterocycles. The molecule has 2 unspecified atom stereocenters. The first kappa shape index (κ1) is 14.0. The summed E-state index contributed by atoms with van der Waals surface area (Å²) < 4.78 is 12.4. The second-order valence-corrected chi connectivity index (χ2v) is 5.96. The van der Waals surface area contributed by atoms with Crippen molar-refractivity contribution < 1.29 is 9.47 Å². The zero-order valence-electron chi connectivity index (χ0n) is 11.1. The van der Waals surface area contributed by atoms with Crippen LogP contribution < -0.4 is 5.32 Å². The van der Waals surface area contributed by atoms with Crippen LogP contribution in [-0.2, 0) is 9.47 Å². The van der Waals surface area contributed by atoms with Crippen molar-refractivity contribution in [1.29, 1.82) is 0 Å². The van der Waals surface area contributed by atoms with Gasteiger partial charge in [0.2, 0.25) is 0 Å². The lowest BCUT2D eigenvalue weighted by Crippen LogP contribution is -2.32. The van der Waals surface area contributed by atoms with Crippen LogP contribution in [0.15, 0.2) is 28.7 Å². The van der Waals surface area contributed by atoms with Crippen LogP contribution in [0.1, 0.15) is 32.4 Å². The molecular formula is C14H20BrNO2. The van der Waals surface area contributed by atoms with E-state index in [0.717, 1.165) is 11.0 Å². The number of benzene rings is 1. The highest BCUT2D eigenvalue weighted by Crippen LogP contribution is 2.24. The van der Waals surface area contributed by atoms with Gasteiger partial charge in [-0.25, -0.2) is 0 Å². The molecule has 1 aliphatic heterocycles. The molecule has 2 atom stereocenters. The predicted molar refractivity (Wildman–Crippen MR) is 75.5 cm³/mol. The molecule has 3 nitrogen and oxygen atoms in total. The fourth-order valence-corrected chi connectivity index (χ4v) is 2.74. The minimum absolute atomic E-state index is 0.130. The van der Waals surface area contributed by atoms with Gasteiger partial charge in [-0.15, -0.1) is 0 Å². The maximum atomic E-state index is 5.77. The quantitative estimate of drug-likeness (QED) is 0.925. The molecule has 1 aliphatic rings. The van der Waals surface area contributed by atoms with E-state index in [-0.39, 0.29) is 12.1 Å². The van der Waals surface area contributed by atoms with Crippen LogP contribution >= 0.6 is 15.9 Å². The number of nitrogens with one attached hydrogen (secondary N) is 1. The van der Waals surface area contributed by atoms with Gasteiger partial charge in [0.1, 0.15) is 0 Å². The average Bonchev–Trinajstić information content (AvgIpc) is 2.66. The maximum absolute atomic E-state index is 5.77. The van der Waals surface area contributed by atoms with Gasteiger partial charge in [-0.1, -0.05) is 34.1 Å². The summed E-state index contributed by atoms with van der Waals surface area (Å²) in [5.74, 6) is -0.442. The van der Waals surface area contributed by atoms with E-state index in [0.29, 0.717) is 6.61 Å². The van der Waals surface area contributed by atoms with Crippen molar-refractivity contribution >= 4 is 15.9 Å². The Hall–Kier alpha value is -0.420. The lowest BCUT2D eigenvalue weighted by molar-refractivity contribution is -0.137. The van der Waals surface area contributed by atoms with Gasteiger partial charge in [0.05, 0.1) is 12.7 Å². The van der Waals surface area contributed by atoms with E-state index in [2.05, 4.69) is 46.4 Å². The molecular weight excluding hydrogens is 294 g/mol. The molecule has 1 heterocycles. The van der Waals surface area contributed by atoms with Crippen LogP contribution in [0.2, 0.25) is 0 Å². The molecule has 1 fully saturated rings. The molecule has 0 amide bonds. The van der Waals surface area contributed by atoms with Crippen molar-refractivity contribution in [1.82, 2.24) is 5.32 Å². The predicted octanol–water partition coefficient (Wildman–Crippen LogP) is 3.25. The smallest absolute Gasteiger partial charge is 0.163 e. The van der Waals surface area contributed by atoms with Crippen LogP contribution in [-0.4, -0.2) is 25.0 Å². The summed E-state index contributed by atoms with van der Waals surface area (Å²) in [4.78, 5) is 0. The normalized spacial score (nSPS) is 24.1. The Balaban J connectivity index is 1.86. The fraction of sp³-hybridized carbons (Fsp3) is 0.571. The van der Waals surface area contributed by atoms with Crippen LogP contribution in [0.5, 0.6) is 0 Å². The number of hydrogen-bond donors (Lipinski definition) is 1. The van der Waals surface area contributed by atoms with Crippen LogP contribution in [0.4, 0.5) is 0 Å². The number of rotatable bonds is 4. The van der Waals surface area contributed by atoms with Gasteiger partial charge in [-0.05, 0) is 32.4 Å². The average molecular weight is 314 g/mol. The van der Waals surface area contributed by atoms with E-state index in [4.69, 9.17) is 9.47 Å². The van der Waals surface area contributed by atoms with Crippen molar-refractivity contribution in [2.45, 2.75) is 38.7 Å². The van der Waals surface area contributed by atoms with Gasteiger partial charge in [0.25, 0.3) is 0 Å². The van der Waals surface area contributed by atoms with Gasteiger partial charge in [0, 0.05) is 17.1 Å². The van der Waals surface area contributed by atoms with E-state index in [1.807, 2.05) is 19.9 Å². The Kier molecular flexibility index (Phi) is 4.43. The molecule has 0 spiro atoms. The second-order valence-electron chi connectivity index (χ2n) is 5.10. The summed E-state index contributed by atoms with van der Waals surface area (Å²) in [6, 6.07) is 8.55. The van der Waals surface area contributed by atoms with Gasteiger partial charge >= 0.3 is 0 Å².